The maximum Gasteiger partial charge on any atom is 0.166 e. The highest BCUT2D eigenvalue weighted by molar-refractivity contribution is 7.23. The summed E-state index contributed by atoms with van der Waals surface area (Å²) in [6.45, 7) is 0. The molecular weight excluding hydrogens is 653 g/mol. The lowest BCUT2D eigenvalue weighted by molar-refractivity contribution is 1.06. The van der Waals surface area contributed by atoms with E-state index in [1.54, 1.807) is 0 Å². The van der Waals surface area contributed by atoms with Crippen molar-refractivity contribution in [3.05, 3.63) is 170 Å². The van der Waals surface area contributed by atoms with E-state index < -0.39 is 0 Å². The highest BCUT2D eigenvalue weighted by Gasteiger charge is 2.29. The molecule has 52 heavy (non-hydrogen) atoms. The highest BCUT2D eigenvalue weighted by Crippen LogP contribution is 2.55. The van der Waals surface area contributed by atoms with Crippen LogP contribution in [0.2, 0.25) is 0 Å². The van der Waals surface area contributed by atoms with Crippen LogP contribution in [0.1, 0.15) is 0 Å². The number of hydrogen-bond acceptors (Lipinski definition) is 4. The summed E-state index contributed by atoms with van der Waals surface area (Å²) in [5.41, 5.74) is 12.5. The van der Waals surface area contributed by atoms with Gasteiger partial charge in [-0.3, -0.25) is 0 Å². The van der Waals surface area contributed by atoms with Gasteiger partial charge >= 0.3 is 0 Å². The predicted octanol–water partition coefficient (Wildman–Crippen LogP) is 12.5. The fourth-order valence-corrected chi connectivity index (χ4v) is 9.23. The van der Waals surface area contributed by atoms with Crippen molar-refractivity contribution in [2.24, 2.45) is 0 Å². The third-order valence-corrected chi connectivity index (χ3v) is 11.4. The topological polar surface area (TPSA) is 43.6 Å². The zero-order chi connectivity index (χ0) is 34.2. The van der Waals surface area contributed by atoms with Crippen LogP contribution in [-0.4, -0.2) is 19.5 Å². The van der Waals surface area contributed by atoms with E-state index in [2.05, 4.69) is 138 Å². The summed E-state index contributed by atoms with van der Waals surface area (Å²) in [7, 11) is 0. The van der Waals surface area contributed by atoms with Gasteiger partial charge in [-0.1, -0.05) is 140 Å². The zero-order valence-corrected chi connectivity index (χ0v) is 28.7. The van der Waals surface area contributed by atoms with Gasteiger partial charge in [-0.2, -0.15) is 0 Å². The quantitative estimate of drug-likeness (QED) is 0.182. The van der Waals surface area contributed by atoms with Crippen molar-refractivity contribution in [3.8, 4) is 72.5 Å². The van der Waals surface area contributed by atoms with Crippen molar-refractivity contribution in [1.29, 1.82) is 0 Å². The third-order valence-electron chi connectivity index (χ3n) is 10.2. The Morgan fingerprint density at radius 2 is 0.904 bits per heavy atom. The van der Waals surface area contributed by atoms with Crippen LogP contribution in [0.5, 0.6) is 0 Å². The Kier molecular flexibility index (Phi) is 6.39. The first kappa shape index (κ1) is 29.1. The van der Waals surface area contributed by atoms with Crippen molar-refractivity contribution in [1.82, 2.24) is 19.5 Å². The maximum atomic E-state index is 5.16. The third kappa shape index (κ3) is 4.30. The van der Waals surface area contributed by atoms with Gasteiger partial charge in [-0.05, 0) is 52.6 Å². The number of rotatable bonds is 5. The summed E-state index contributed by atoms with van der Waals surface area (Å²) in [4.78, 5) is 16.6. The molecule has 0 amide bonds. The lowest BCUT2D eigenvalue weighted by Crippen LogP contribution is -2.03. The van der Waals surface area contributed by atoms with Crippen LogP contribution >= 0.6 is 11.3 Å². The summed E-state index contributed by atoms with van der Waals surface area (Å²) < 4.78 is 3.71. The van der Waals surface area contributed by atoms with Gasteiger partial charge in [0.05, 0.1) is 16.7 Å². The van der Waals surface area contributed by atoms with Crippen LogP contribution in [0, 0.1) is 0 Å². The molecule has 3 heterocycles. The Bertz CT molecular complexity index is 2940. The van der Waals surface area contributed by atoms with E-state index in [0.29, 0.717) is 17.5 Å². The standard InChI is InChI=1S/C47H28N4S/c1-4-15-29(16-5-1)44-41-34-22-11-10-21-32(34)33-24-14-26-37-40(33)42-38(27-28-39(52-44)43(41)42)51(37)36-25-13-12-23-35(36)47-49-45(30-17-6-2-7-18-30)48-46(50-47)31-19-8-3-9-20-31/h1-28H. The van der Waals surface area contributed by atoms with Gasteiger partial charge in [0.2, 0.25) is 0 Å². The highest BCUT2D eigenvalue weighted by atomic mass is 32.1. The second kappa shape index (κ2) is 11.4. The lowest BCUT2D eigenvalue weighted by atomic mass is 9.93. The van der Waals surface area contributed by atoms with Crippen LogP contribution in [0.15, 0.2) is 170 Å². The molecule has 1 aliphatic carbocycles. The molecule has 0 aliphatic heterocycles. The summed E-state index contributed by atoms with van der Waals surface area (Å²) in [5.74, 6) is 1.93. The minimum atomic E-state index is 0.635. The first-order chi connectivity index (χ1) is 25.8. The Balaban J connectivity index is 1.24. The first-order valence-electron chi connectivity index (χ1n) is 17.5. The van der Waals surface area contributed by atoms with E-state index in [1.807, 2.05) is 47.7 Å². The van der Waals surface area contributed by atoms with Gasteiger partial charge in [-0.25, -0.2) is 15.0 Å². The second-order valence-corrected chi connectivity index (χ2v) is 14.2. The van der Waals surface area contributed by atoms with Gasteiger partial charge in [0.25, 0.3) is 0 Å². The van der Waals surface area contributed by atoms with Crippen molar-refractivity contribution in [2.75, 3.05) is 0 Å². The number of hydrogen-bond donors (Lipinski definition) is 0. The van der Waals surface area contributed by atoms with Crippen LogP contribution in [0.3, 0.4) is 0 Å². The van der Waals surface area contributed by atoms with Crippen LogP contribution in [-0.2, 0) is 0 Å². The van der Waals surface area contributed by atoms with E-state index in [4.69, 9.17) is 15.0 Å². The molecule has 0 unspecified atom stereocenters. The van der Waals surface area contributed by atoms with Gasteiger partial charge in [-0.15, -0.1) is 11.3 Å². The number of benzene rings is 7. The van der Waals surface area contributed by atoms with E-state index in [1.165, 1.54) is 53.6 Å². The maximum absolute atomic E-state index is 5.16. The summed E-state index contributed by atoms with van der Waals surface area (Å²) in [6, 6.07) is 60.0. The van der Waals surface area contributed by atoms with Gasteiger partial charge in [0, 0.05) is 48.0 Å². The molecular formula is C47H28N4S. The lowest BCUT2D eigenvalue weighted by Gasteiger charge is -2.15. The van der Waals surface area contributed by atoms with Crippen molar-refractivity contribution in [3.63, 3.8) is 0 Å². The molecule has 0 bridgehead atoms. The smallest absolute Gasteiger partial charge is 0.166 e. The van der Waals surface area contributed by atoms with E-state index in [-0.39, 0.29) is 0 Å². The average molecular weight is 681 g/mol. The van der Waals surface area contributed by atoms with Crippen molar-refractivity contribution < 1.29 is 0 Å². The molecule has 0 atom stereocenters. The normalized spacial score (nSPS) is 11.8. The van der Waals surface area contributed by atoms with Crippen LogP contribution < -0.4 is 0 Å². The summed E-state index contributed by atoms with van der Waals surface area (Å²) in [6.07, 6.45) is 0. The minimum absolute atomic E-state index is 0.635. The Hall–Kier alpha value is -6.69. The SMILES string of the molecule is c1ccc(-c2nc(-c3ccccc3)nc(-c3ccccc3-n3c4cccc5c4c4c6c(c(-c7ccccc7)sc6ccc43)-c3ccccc3-5)n2)cc1. The molecule has 0 N–H and O–H groups in total. The first-order valence-corrected chi connectivity index (χ1v) is 18.3. The monoisotopic (exact) mass is 680 g/mol. The number of nitrogens with zero attached hydrogens (tertiary/aromatic N) is 4. The summed E-state index contributed by atoms with van der Waals surface area (Å²) in [5, 5.41) is 3.87. The average Bonchev–Trinajstić information content (AvgIpc) is 3.74. The molecule has 0 fully saturated rings. The molecule has 0 radical (unpaired) electrons. The van der Waals surface area contributed by atoms with Crippen LogP contribution in [0.4, 0.5) is 0 Å². The molecule has 3 aromatic heterocycles. The molecule has 11 rings (SSSR count). The van der Waals surface area contributed by atoms with Gasteiger partial charge in [0.1, 0.15) is 0 Å². The molecule has 5 heteroatoms. The van der Waals surface area contributed by atoms with E-state index in [9.17, 15) is 0 Å². The number of para-hydroxylation sites is 1. The van der Waals surface area contributed by atoms with E-state index >= 15 is 0 Å². The number of fused-ring (bicyclic) bond motifs is 3. The number of aromatic nitrogens is 4. The Labute approximate surface area is 304 Å². The Morgan fingerprint density at radius 3 is 1.60 bits per heavy atom. The fraction of sp³-hybridized carbons (Fsp3) is 0. The summed E-state index contributed by atoms with van der Waals surface area (Å²) >= 11 is 1.89. The Morgan fingerprint density at radius 1 is 0.365 bits per heavy atom. The molecule has 0 spiro atoms. The molecule has 7 aromatic carbocycles. The van der Waals surface area contributed by atoms with Crippen molar-refractivity contribution in [2.45, 2.75) is 0 Å². The van der Waals surface area contributed by atoms with Gasteiger partial charge in [0.15, 0.2) is 17.5 Å². The molecule has 4 nitrogen and oxygen atoms in total. The minimum Gasteiger partial charge on any atom is -0.308 e. The zero-order valence-electron chi connectivity index (χ0n) is 27.9. The number of thiophene rings is 1. The fourth-order valence-electron chi connectivity index (χ4n) is 8.00. The molecule has 10 aromatic rings. The molecule has 0 saturated carbocycles. The molecule has 1 aliphatic rings. The van der Waals surface area contributed by atoms with E-state index in [0.717, 1.165) is 33.4 Å². The molecule has 0 saturated heterocycles. The van der Waals surface area contributed by atoms with Gasteiger partial charge < -0.3 is 4.57 Å². The second-order valence-electron chi connectivity index (χ2n) is 13.1. The molecule has 242 valence electrons. The predicted molar refractivity (Wildman–Crippen MR) is 216 cm³/mol. The van der Waals surface area contributed by atoms with Crippen molar-refractivity contribution >= 4 is 43.2 Å². The largest absolute Gasteiger partial charge is 0.308 e. The van der Waals surface area contributed by atoms with Crippen LogP contribution in [0.25, 0.3) is 104 Å².